The zero-order valence-corrected chi connectivity index (χ0v) is 38.5. The van der Waals surface area contributed by atoms with E-state index in [0.717, 1.165) is 64.8 Å². The van der Waals surface area contributed by atoms with Crippen molar-refractivity contribution in [2.45, 2.75) is 78.4 Å². The van der Waals surface area contributed by atoms with Crippen molar-refractivity contribution in [3.05, 3.63) is 148 Å². The van der Waals surface area contributed by atoms with Gasteiger partial charge in [-0.25, -0.2) is 0 Å². The van der Waals surface area contributed by atoms with Crippen LogP contribution in [0.2, 0.25) is 0 Å². The fraction of sp³-hybridized carbons (Fsp3) is 0.418. The molecular weight excluding hydrogens is 801 g/mol. The molecule has 0 bridgehead atoms. The van der Waals surface area contributed by atoms with E-state index in [1.807, 2.05) is 7.05 Å². The number of fused-ring (bicyclic) bond motifs is 14. The molecule has 10 heteroatoms. The van der Waals surface area contributed by atoms with Crippen molar-refractivity contribution in [3.63, 3.8) is 0 Å². The molecule has 5 aromatic carbocycles. The monoisotopic (exact) mass is 863 g/mol. The molecule has 8 aliphatic rings. The highest BCUT2D eigenvalue weighted by Gasteiger charge is 2.72. The first-order valence-corrected chi connectivity index (χ1v) is 24.4. The molecule has 0 spiro atoms. The summed E-state index contributed by atoms with van der Waals surface area (Å²) in [6.07, 6.45) is 8.51. The molecule has 6 aromatic rings. The quantitative estimate of drug-likeness (QED) is 0.112. The number of benzene rings is 5. The summed E-state index contributed by atoms with van der Waals surface area (Å²) in [5.41, 5.74) is 17.3. The fourth-order valence-electron chi connectivity index (χ4n) is 15.8. The SMILES string of the molecule is CNCCc1cn(-c2cccc3c2N[C@H]2N(C)CC[C@@]32c2ccc3c(c2)[C@@]2([C@@]45CCN(C)[C@@H]4Nc4c([C@@]67CCN(C)[C@@H]6Nc6ccccc67)cccc45)CCN(C)[C@H]2N3)c2ccccc12. The van der Waals surface area contributed by atoms with E-state index in [-0.39, 0.29) is 46.3 Å². The molecule has 1 aromatic heterocycles. The minimum atomic E-state index is -0.203. The Balaban J connectivity index is 0.947. The second-order valence-electron chi connectivity index (χ2n) is 21.1. The van der Waals surface area contributed by atoms with E-state index in [4.69, 9.17) is 0 Å². The van der Waals surface area contributed by atoms with Crippen LogP contribution in [0.15, 0.2) is 109 Å². The second-order valence-corrected chi connectivity index (χ2v) is 21.1. The van der Waals surface area contributed by atoms with Gasteiger partial charge in [0.25, 0.3) is 0 Å². The maximum Gasteiger partial charge on any atom is 0.0933 e. The molecule has 8 atom stereocenters. The third kappa shape index (κ3) is 4.58. The van der Waals surface area contributed by atoms with Gasteiger partial charge in [0.15, 0.2) is 0 Å². The lowest BCUT2D eigenvalue weighted by molar-refractivity contribution is 0.147. The van der Waals surface area contributed by atoms with Gasteiger partial charge >= 0.3 is 0 Å². The van der Waals surface area contributed by atoms with Gasteiger partial charge in [-0.05, 0) is 137 Å². The maximum atomic E-state index is 4.40. The molecule has 10 nitrogen and oxygen atoms in total. The van der Waals surface area contributed by atoms with Crippen molar-refractivity contribution in [1.29, 1.82) is 0 Å². The summed E-state index contributed by atoms with van der Waals surface area (Å²) in [5, 5.41) is 21.6. The number of nitrogens with one attached hydrogen (secondary N) is 5. The molecule has 0 amide bonds. The van der Waals surface area contributed by atoms with Gasteiger partial charge in [-0.1, -0.05) is 78.9 Å². The maximum absolute atomic E-state index is 4.40. The van der Waals surface area contributed by atoms with Crippen LogP contribution in [0, 0.1) is 0 Å². The minimum Gasteiger partial charge on any atom is -0.369 e. The van der Waals surface area contributed by atoms with E-state index in [9.17, 15) is 0 Å². The molecule has 332 valence electrons. The summed E-state index contributed by atoms with van der Waals surface area (Å²) < 4.78 is 2.46. The average Bonchev–Trinajstić information content (AvgIpc) is 4.22. The first-order chi connectivity index (χ1) is 31.8. The highest BCUT2D eigenvalue weighted by molar-refractivity contribution is 5.88. The Bertz CT molecular complexity index is 2960. The molecule has 9 heterocycles. The van der Waals surface area contributed by atoms with Crippen LogP contribution in [-0.4, -0.2) is 117 Å². The molecule has 65 heavy (non-hydrogen) atoms. The Morgan fingerprint density at radius 1 is 0.538 bits per heavy atom. The minimum absolute atomic E-state index is 0.129. The summed E-state index contributed by atoms with van der Waals surface area (Å²) in [6, 6.07) is 40.3. The van der Waals surface area contributed by atoms with Gasteiger partial charge in [0.1, 0.15) is 0 Å². The van der Waals surface area contributed by atoms with E-state index in [1.54, 1.807) is 0 Å². The van der Waals surface area contributed by atoms with Gasteiger partial charge in [0.2, 0.25) is 0 Å². The topological polar surface area (TPSA) is 78.0 Å². The standard InChI is InChI=1S/C55H62N10/c1-56-27-22-34-33-65(44-18-9-6-12-36(34)44)45-19-11-15-39-47(45)60-48-52(39,23-28-61(48)2)35-20-21-43-41(32-35)55(26-31-63(4)50(55)58-43)54-25-30-64(5)51(54)59-46-38(14-10-16-40(46)54)53-24-29-62(3)49(53)57-42-17-8-7-13-37(42)53/h6-21,32-33,48-51,56-60H,22-31H2,1-5H3/t48-,49-,50+,51-,52+,53-,54+,55-/m0/s1. The zero-order chi connectivity index (χ0) is 43.6. The first kappa shape index (κ1) is 38.9. The molecule has 5 N–H and O–H groups in total. The Morgan fingerprint density at radius 2 is 1.12 bits per heavy atom. The van der Waals surface area contributed by atoms with Crippen LogP contribution < -0.4 is 26.6 Å². The Labute approximate surface area is 383 Å². The Morgan fingerprint density at radius 3 is 1.94 bits per heavy atom. The van der Waals surface area contributed by atoms with E-state index in [0.29, 0.717) is 0 Å². The van der Waals surface area contributed by atoms with Gasteiger partial charge in [0, 0.05) is 65.7 Å². The molecule has 4 fully saturated rings. The molecular formula is C55H62N10. The number of anilines is 4. The third-order valence-corrected chi connectivity index (χ3v) is 18.7. The van der Waals surface area contributed by atoms with Gasteiger partial charge in [-0.3, -0.25) is 19.6 Å². The lowest BCUT2D eigenvalue weighted by Gasteiger charge is -2.48. The number of aromatic nitrogens is 1. The number of nitrogens with zero attached hydrogens (tertiary/aromatic N) is 5. The summed E-state index contributed by atoms with van der Waals surface area (Å²) in [5.74, 6) is 0. The number of hydrogen-bond donors (Lipinski definition) is 5. The van der Waals surface area contributed by atoms with Gasteiger partial charge in [-0.2, -0.15) is 0 Å². The van der Waals surface area contributed by atoms with Crippen LogP contribution in [0.3, 0.4) is 0 Å². The smallest absolute Gasteiger partial charge is 0.0933 e. The Hall–Kier alpha value is -5.36. The van der Waals surface area contributed by atoms with Gasteiger partial charge in [-0.15, -0.1) is 0 Å². The lowest BCUT2D eigenvalue weighted by atomic mass is 9.54. The number of likely N-dealkylation sites (N-methyl/N-ethyl adjacent to an activating group) is 5. The van der Waals surface area contributed by atoms with Crippen molar-refractivity contribution in [1.82, 2.24) is 29.5 Å². The van der Waals surface area contributed by atoms with Crippen LogP contribution in [0.5, 0.6) is 0 Å². The van der Waals surface area contributed by atoms with E-state index >= 15 is 0 Å². The first-order valence-electron chi connectivity index (χ1n) is 24.4. The Kier molecular flexibility index (Phi) is 8.00. The predicted octanol–water partition coefficient (Wildman–Crippen LogP) is 7.49. The highest BCUT2D eigenvalue weighted by Crippen LogP contribution is 2.68. The van der Waals surface area contributed by atoms with Crippen LogP contribution >= 0.6 is 0 Å². The molecule has 4 saturated heterocycles. The second kappa shape index (κ2) is 13.4. The zero-order valence-electron chi connectivity index (χ0n) is 38.5. The van der Waals surface area contributed by atoms with E-state index in [2.05, 4.69) is 188 Å². The molecule has 0 unspecified atom stereocenters. The summed E-state index contributed by atoms with van der Waals surface area (Å²) in [6.45, 7) is 5.19. The van der Waals surface area contributed by atoms with Gasteiger partial charge in [0.05, 0.1) is 52.4 Å². The van der Waals surface area contributed by atoms with Crippen molar-refractivity contribution < 1.29 is 0 Å². The van der Waals surface area contributed by atoms with E-state index in [1.165, 1.54) is 78.3 Å². The normalized spacial score (nSPS) is 32.9. The summed E-state index contributed by atoms with van der Waals surface area (Å²) >= 11 is 0. The number of para-hydroxylation sites is 4. The third-order valence-electron chi connectivity index (χ3n) is 18.7. The molecule has 0 saturated carbocycles. The van der Waals surface area contributed by atoms with Crippen molar-refractivity contribution >= 4 is 33.7 Å². The van der Waals surface area contributed by atoms with Crippen LogP contribution in [-0.2, 0) is 28.1 Å². The predicted molar refractivity (Wildman–Crippen MR) is 264 cm³/mol. The number of hydrogen-bond acceptors (Lipinski definition) is 9. The largest absolute Gasteiger partial charge is 0.369 e. The molecule has 14 rings (SSSR count). The summed E-state index contributed by atoms with van der Waals surface area (Å²) in [7, 11) is 11.4. The van der Waals surface area contributed by atoms with Crippen LogP contribution in [0.4, 0.5) is 22.7 Å². The lowest BCUT2D eigenvalue weighted by Crippen LogP contribution is -2.60. The number of likely N-dealkylation sites (tertiary alicyclic amines) is 4. The molecule has 0 radical (unpaired) electrons. The number of rotatable bonds is 7. The van der Waals surface area contributed by atoms with Gasteiger partial charge < -0.3 is 31.2 Å². The highest BCUT2D eigenvalue weighted by atomic mass is 15.4. The van der Waals surface area contributed by atoms with Crippen LogP contribution in [0.1, 0.15) is 64.6 Å². The average molecular weight is 863 g/mol. The molecule has 0 aliphatic carbocycles. The van der Waals surface area contributed by atoms with Crippen LogP contribution in [0.25, 0.3) is 16.6 Å². The van der Waals surface area contributed by atoms with Crippen molar-refractivity contribution in [2.24, 2.45) is 0 Å². The van der Waals surface area contributed by atoms with Crippen molar-refractivity contribution in [2.75, 3.05) is 89.2 Å². The molecule has 8 aliphatic heterocycles. The van der Waals surface area contributed by atoms with Crippen molar-refractivity contribution in [3.8, 4) is 5.69 Å². The fourth-order valence-corrected chi connectivity index (χ4v) is 15.8. The van der Waals surface area contributed by atoms with E-state index < -0.39 is 0 Å². The summed E-state index contributed by atoms with van der Waals surface area (Å²) in [4.78, 5) is 10.4.